The predicted molar refractivity (Wildman–Crippen MR) is 87.8 cm³/mol. The number of anilines is 2. The first-order valence-electron chi connectivity index (χ1n) is 7.71. The fraction of sp³-hybridized carbons (Fsp3) is 0.562. The highest BCUT2D eigenvalue weighted by Crippen LogP contribution is 2.29. The average Bonchev–Trinajstić information content (AvgIpc) is 2.97. The van der Waals surface area contributed by atoms with Crippen LogP contribution in [0.2, 0.25) is 0 Å². The molecular weight excluding hydrogens is 264 g/mol. The Kier molecular flexibility index (Phi) is 5.07. The van der Waals surface area contributed by atoms with Crippen molar-refractivity contribution >= 4 is 17.3 Å². The number of nitrogen functional groups attached to an aromatic ring is 1. The minimum atomic E-state index is -0.101. The number of carbonyl (C=O) groups is 1. The van der Waals surface area contributed by atoms with Gasteiger partial charge >= 0.3 is 0 Å². The summed E-state index contributed by atoms with van der Waals surface area (Å²) in [5.74, 6) is -0.101. The van der Waals surface area contributed by atoms with Crippen LogP contribution >= 0.6 is 0 Å². The molecule has 1 aliphatic rings. The third-order valence-corrected chi connectivity index (χ3v) is 4.35. The van der Waals surface area contributed by atoms with E-state index in [1.807, 2.05) is 12.1 Å². The molecule has 1 aromatic carbocycles. The highest BCUT2D eigenvalue weighted by atomic mass is 16.1. The topological polar surface area (TPSA) is 61.6 Å². The van der Waals surface area contributed by atoms with E-state index in [4.69, 9.17) is 5.73 Å². The van der Waals surface area contributed by atoms with Crippen LogP contribution in [-0.4, -0.2) is 50.1 Å². The second kappa shape index (κ2) is 6.80. The number of amides is 1. The molecule has 0 radical (unpaired) electrons. The van der Waals surface area contributed by atoms with Crippen molar-refractivity contribution in [2.24, 2.45) is 0 Å². The van der Waals surface area contributed by atoms with Crippen molar-refractivity contribution in [1.29, 1.82) is 0 Å². The summed E-state index contributed by atoms with van der Waals surface area (Å²) in [4.78, 5) is 16.5. The zero-order chi connectivity index (χ0) is 15.4. The minimum absolute atomic E-state index is 0.101. The molecule has 5 nitrogen and oxygen atoms in total. The van der Waals surface area contributed by atoms with E-state index in [0.29, 0.717) is 17.3 Å². The van der Waals surface area contributed by atoms with E-state index >= 15 is 0 Å². The van der Waals surface area contributed by atoms with Crippen molar-refractivity contribution in [2.75, 3.05) is 43.9 Å². The number of rotatable bonds is 5. The van der Waals surface area contributed by atoms with Gasteiger partial charge in [0.25, 0.3) is 5.91 Å². The fourth-order valence-corrected chi connectivity index (χ4v) is 3.13. The fourth-order valence-electron chi connectivity index (χ4n) is 3.13. The van der Waals surface area contributed by atoms with Crippen molar-refractivity contribution < 1.29 is 4.79 Å². The van der Waals surface area contributed by atoms with E-state index in [1.54, 1.807) is 13.1 Å². The number of hydrogen-bond donors (Lipinski definition) is 2. The Hall–Kier alpha value is -1.75. The number of likely N-dealkylation sites (N-methyl/N-ethyl adjacent to an activating group) is 1. The van der Waals surface area contributed by atoms with Gasteiger partial charge in [0, 0.05) is 31.7 Å². The Bertz CT molecular complexity index is 499. The highest BCUT2D eigenvalue weighted by molar-refractivity contribution is 5.96. The monoisotopic (exact) mass is 290 g/mol. The second-order valence-corrected chi connectivity index (χ2v) is 5.46. The van der Waals surface area contributed by atoms with Crippen molar-refractivity contribution in [3.05, 3.63) is 23.8 Å². The maximum absolute atomic E-state index is 11.6. The summed E-state index contributed by atoms with van der Waals surface area (Å²) >= 11 is 0. The highest BCUT2D eigenvalue weighted by Gasteiger charge is 2.27. The molecule has 1 heterocycles. The summed E-state index contributed by atoms with van der Waals surface area (Å²) in [5.41, 5.74) is 8.47. The SMILES string of the molecule is CCN(CC)C1CCN(c2ccc(C(=O)NC)cc2N)C1. The average molecular weight is 290 g/mol. The standard InChI is InChI=1S/C16H26N4O/c1-4-19(5-2)13-8-9-20(11-13)15-7-6-12(10-14(15)17)16(21)18-3/h6-7,10,13H,4-5,8-9,11,17H2,1-3H3,(H,18,21). The Morgan fingerprint density at radius 3 is 2.71 bits per heavy atom. The lowest BCUT2D eigenvalue weighted by Gasteiger charge is -2.27. The van der Waals surface area contributed by atoms with E-state index in [1.165, 1.54) is 0 Å². The molecule has 1 amide bonds. The summed E-state index contributed by atoms with van der Waals surface area (Å²) in [6, 6.07) is 6.16. The van der Waals surface area contributed by atoms with Crippen LogP contribution in [-0.2, 0) is 0 Å². The Morgan fingerprint density at radius 2 is 2.14 bits per heavy atom. The first-order valence-corrected chi connectivity index (χ1v) is 7.71. The van der Waals surface area contributed by atoms with Crippen LogP contribution in [0, 0.1) is 0 Å². The first kappa shape index (κ1) is 15.6. The van der Waals surface area contributed by atoms with Crippen molar-refractivity contribution in [1.82, 2.24) is 10.2 Å². The molecule has 116 valence electrons. The van der Waals surface area contributed by atoms with E-state index in [2.05, 4.69) is 29.0 Å². The zero-order valence-corrected chi connectivity index (χ0v) is 13.2. The van der Waals surface area contributed by atoms with Gasteiger partial charge in [-0.1, -0.05) is 13.8 Å². The van der Waals surface area contributed by atoms with Gasteiger partial charge < -0.3 is 16.0 Å². The third-order valence-electron chi connectivity index (χ3n) is 4.35. The van der Waals surface area contributed by atoms with Gasteiger partial charge in [-0.25, -0.2) is 0 Å². The van der Waals surface area contributed by atoms with Crippen LogP contribution in [0.1, 0.15) is 30.6 Å². The Morgan fingerprint density at radius 1 is 1.43 bits per heavy atom. The molecule has 1 atom stereocenters. The number of benzene rings is 1. The molecule has 1 fully saturated rings. The van der Waals surface area contributed by atoms with Gasteiger partial charge in [0.05, 0.1) is 11.4 Å². The number of hydrogen-bond acceptors (Lipinski definition) is 4. The number of nitrogens with one attached hydrogen (secondary N) is 1. The lowest BCUT2D eigenvalue weighted by molar-refractivity contribution is 0.0963. The van der Waals surface area contributed by atoms with Crippen molar-refractivity contribution in [2.45, 2.75) is 26.3 Å². The summed E-state index contributed by atoms with van der Waals surface area (Å²) in [5, 5.41) is 2.62. The normalized spacial score (nSPS) is 18.3. The van der Waals surface area contributed by atoms with E-state index in [9.17, 15) is 4.79 Å². The summed E-state index contributed by atoms with van der Waals surface area (Å²) < 4.78 is 0. The molecule has 3 N–H and O–H groups in total. The van der Waals surface area contributed by atoms with Gasteiger partial charge in [0.2, 0.25) is 0 Å². The molecule has 2 rings (SSSR count). The minimum Gasteiger partial charge on any atom is -0.397 e. The van der Waals surface area contributed by atoms with Crippen molar-refractivity contribution in [3.63, 3.8) is 0 Å². The Labute approximate surface area is 127 Å². The van der Waals surface area contributed by atoms with Crippen LogP contribution < -0.4 is 16.0 Å². The van der Waals surface area contributed by atoms with Crippen molar-refractivity contribution in [3.8, 4) is 0 Å². The van der Waals surface area contributed by atoms with Gasteiger partial charge in [-0.2, -0.15) is 0 Å². The van der Waals surface area contributed by atoms with Gasteiger partial charge in [0.15, 0.2) is 0 Å². The third kappa shape index (κ3) is 3.29. The van der Waals surface area contributed by atoms with Crippen LogP contribution in [0.3, 0.4) is 0 Å². The van der Waals surface area contributed by atoms with Crippen LogP contribution in [0.5, 0.6) is 0 Å². The van der Waals surface area contributed by atoms with Gasteiger partial charge in [0.1, 0.15) is 0 Å². The lowest BCUT2D eigenvalue weighted by atomic mass is 10.1. The number of nitrogens with zero attached hydrogens (tertiary/aromatic N) is 2. The first-order chi connectivity index (χ1) is 10.1. The molecule has 1 aromatic rings. The van der Waals surface area contributed by atoms with Gasteiger partial charge in [-0.05, 0) is 37.7 Å². The van der Waals surface area contributed by atoms with E-state index in [-0.39, 0.29) is 5.91 Å². The molecular formula is C16H26N4O. The molecule has 0 aliphatic carbocycles. The van der Waals surface area contributed by atoms with Gasteiger partial charge in [-0.15, -0.1) is 0 Å². The molecule has 0 aromatic heterocycles. The molecule has 1 aliphatic heterocycles. The summed E-state index contributed by atoms with van der Waals surface area (Å²) in [7, 11) is 1.63. The predicted octanol–water partition coefficient (Wildman–Crippen LogP) is 1.55. The largest absolute Gasteiger partial charge is 0.397 e. The smallest absolute Gasteiger partial charge is 0.251 e. The maximum Gasteiger partial charge on any atom is 0.251 e. The van der Waals surface area contributed by atoms with E-state index < -0.39 is 0 Å². The Balaban J connectivity index is 2.11. The molecule has 21 heavy (non-hydrogen) atoms. The van der Waals surface area contributed by atoms with Crippen LogP contribution in [0.25, 0.3) is 0 Å². The molecule has 1 saturated heterocycles. The quantitative estimate of drug-likeness (QED) is 0.808. The number of carbonyl (C=O) groups excluding carboxylic acids is 1. The van der Waals surface area contributed by atoms with Gasteiger partial charge in [-0.3, -0.25) is 9.69 Å². The number of nitrogens with two attached hydrogens (primary N) is 1. The molecule has 0 spiro atoms. The van der Waals surface area contributed by atoms with E-state index in [0.717, 1.165) is 38.3 Å². The maximum atomic E-state index is 11.6. The second-order valence-electron chi connectivity index (χ2n) is 5.46. The summed E-state index contributed by atoms with van der Waals surface area (Å²) in [6.07, 6.45) is 1.16. The lowest BCUT2D eigenvalue weighted by Crippen LogP contribution is -2.37. The zero-order valence-electron chi connectivity index (χ0n) is 13.2. The van der Waals surface area contributed by atoms with Crippen LogP contribution in [0.15, 0.2) is 18.2 Å². The molecule has 5 heteroatoms. The molecule has 1 unspecified atom stereocenters. The molecule has 0 saturated carbocycles. The summed E-state index contributed by atoms with van der Waals surface area (Å²) in [6.45, 7) is 8.60. The van der Waals surface area contributed by atoms with Crippen LogP contribution in [0.4, 0.5) is 11.4 Å². The molecule has 0 bridgehead atoms.